The molecule has 1 aromatic carbocycles. The zero-order chi connectivity index (χ0) is 15.0. The number of rotatable bonds is 9. The van der Waals surface area contributed by atoms with Gasteiger partial charge in [0.15, 0.2) is 0 Å². The average molecular weight is 278 g/mol. The van der Waals surface area contributed by atoms with E-state index in [0.717, 1.165) is 31.2 Å². The first-order valence-corrected chi connectivity index (χ1v) is 7.56. The fraction of sp³-hybridized carbons (Fsp3) is 0.588. The Kier molecular flexibility index (Phi) is 6.56. The molecular formula is C17H26O3. The minimum Gasteiger partial charge on any atom is -0.508 e. The normalized spacial score (nSPS) is 11.5. The number of benzene rings is 1. The Hall–Kier alpha value is -1.51. The summed E-state index contributed by atoms with van der Waals surface area (Å²) in [6, 6.07) is 7.06. The van der Waals surface area contributed by atoms with Gasteiger partial charge in [-0.15, -0.1) is 0 Å². The summed E-state index contributed by atoms with van der Waals surface area (Å²) in [6.07, 6.45) is 5.55. The average Bonchev–Trinajstić information content (AvgIpc) is 2.44. The van der Waals surface area contributed by atoms with Crippen molar-refractivity contribution >= 4 is 5.97 Å². The maximum absolute atomic E-state index is 11.9. The molecule has 0 unspecified atom stereocenters. The molecule has 0 spiro atoms. The van der Waals surface area contributed by atoms with Crippen molar-refractivity contribution < 1.29 is 15.0 Å². The number of carboxylic acid groups (broad SMARTS) is 1. The van der Waals surface area contributed by atoms with Gasteiger partial charge >= 0.3 is 5.97 Å². The molecule has 0 aliphatic heterocycles. The molecule has 1 rings (SSSR count). The molecule has 3 nitrogen and oxygen atoms in total. The molecule has 112 valence electrons. The highest BCUT2D eigenvalue weighted by Crippen LogP contribution is 2.37. The number of unbranched alkanes of at least 4 members (excludes halogenated alkanes) is 2. The molecule has 0 aliphatic rings. The van der Waals surface area contributed by atoms with Gasteiger partial charge in [-0.1, -0.05) is 57.7 Å². The van der Waals surface area contributed by atoms with Crippen molar-refractivity contribution in [1.29, 1.82) is 0 Å². The van der Waals surface area contributed by atoms with Gasteiger partial charge in [-0.05, 0) is 30.9 Å². The number of para-hydroxylation sites is 1. The van der Waals surface area contributed by atoms with E-state index in [1.165, 1.54) is 0 Å². The Balaban J connectivity index is 3.00. The second-order valence-corrected chi connectivity index (χ2v) is 5.60. The van der Waals surface area contributed by atoms with Crippen LogP contribution in [0.3, 0.4) is 0 Å². The van der Waals surface area contributed by atoms with Crippen molar-refractivity contribution in [3.63, 3.8) is 0 Å². The predicted octanol–water partition coefficient (Wildman–Crippen LogP) is 4.39. The molecule has 0 bridgehead atoms. The highest BCUT2D eigenvalue weighted by molar-refractivity contribution is 5.75. The lowest BCUT2D eigenvalue weighted by atomic mass is 9.73. The lowest BCUT2D eigenvalue weighted by Crippen LogP contribution is -2.33. The first-order valence-electron chi connectivity index (χ1n) is 7.56. The summed E-state index contributed by atoms with van der Waals surface area (Å²) in [5.41, 5.74) is -0.00712. The number of hydrogen-bond donors (Lipinski definition) is 2. The van der Waals surface area contributed by atoms with Gasteiger partial charge in [0, 0.05) is 0 Å². The Labute approximate surface area is 121 Å². The van der Waals surface area contributed by atoms with E-state index < -0.39 is 11.4 Å². The van der Waals surface area contributed by atoms with Crippen molar-refractivity contribution in [3.05, 3.63) is 29.8 Å². The standard InChI is InChI=1S/C17H26O3/c1-3-5-11-17(16(19)20,12-6-4-2)13-14-9-7-8-10-15(14)18/h7-10,18H,3-6,11-13H2,1-2H3,(H,19,20). The zero-order valence-electron chi connectivity index (χ0n) is 12.6. The van der Waals surface area contributed by atoms with Gasteiger partial charge in [-0.3, -0.25) is 4.79 Å². The van der Waals surface area contributed by atoms with Crippen LogP contribution < -0.4 is 0 Å². The van der Waals surface area contributed by atoms with E-state index in [1.54, 1.807) is 12.1 Å². The van der Waals surface area contributed by atoms with Crippen LogP contribution in [-0.2, 0) is 11.2 Å². The van der Waals surface area contributed by atoms with Crippen molar-refractivity contribution in [2.75, 3.05) is 0 Å². The molecule has 0 atom stereocenters. The highest BCUT2D eigenvalue weighted by atomic mass is 16.4. The fourth-order valence-electron chi connectivity index (χ4n) is 2.65. The largest absolute Gasteiger partial charge is 0.508 e. The molecule has 0 aliphatic carbocycles. The van der Waals surface area contributed by atoms with Crippen LogP contribution in [0, 0.1) is 5.41 Å². The lowest BCUT2D eigenvalue weighted by Gasteiger charge is -2.30. The first kappa shape index (κ1) is 16.5. The third kappa shape index (κ3) is 4.26. The number of phenols is 1. The first-order chi connectivity index (χ1) is 9.55. The number of hydrogen-bond acceptors (Lipinski definition) is 2. The van der Waals surface area contributed by atoms with Crippen LogP contribution in [0.2, 0.25) is 0 Å². The van der Waals surface area contributed by atoms with E-state index in [1.807, 2.05) is 12.1 Å². The summed E-state index contributed by atoms with van der Waals surface area (Å²) >= 11 is 0. The van der Waals surface area contributed by atoms with Crippen molar-refractivity contribution in [3.8, 4) is 5.75 Å². The molecule has 20 heavy (non-hydrogen) atoms. The minimum atomic E-state index is -0.745. The van der Waals surface area contributed by atoms with Crippen molar-refractivity contribution in [2.24, 2.45) is 5.41 Å². The van der Waals surface area contributed by atoms with E-state index in [-0.39, 0.29) is 5.75 Å². The summed E-state index contributed by atoms with van der Waals surface area (Å²) in [5.74, 6) is -0.534. The Bertz CT molecular complexity index is 418. The molecule has 0 radical (unpaired) electrons. The second-order valence-electron chi connectivity index (χ2n) is 5.60. The SMILES string of the molecule is CCCCC(CCCC)(Cc1ccccc1O)C(=O)O. The fourth-order valence-corrected chi connectivity index (χ4v) is 2.65. The Morgan fingerprint density at radius 3 is 2.10 bits per heavy atom. The highest BCUT2D eigenvalue weighted by Gasteiger charge is 2.37. The Morgan fingerprint density at radius 2 is 1.65 bits per heavy atom. The van der Waals surface area contributed by atoms with Gasteiger partial charge in [0.05, 0.1) is 5.41 Å². The van der Waals surface area contributed by atoms with E-state index in [4.69, 9.17) is 0 Å². The predicted molar refractivity (Wildman–Crippen MR) is 80.9 cm³/mol. The van der Waals surface area contributed by atoms with Crippen molar-refractivity contribution in [1.82, 2.24) is 0 Å². The number of aromatic hydroxyl groups is 1. The van der Waals surface area contributed by atoms with Gasteiger partial charge < -0.3 is 10.2 Å². The molecule has 0 heterocycles. The monoisotopic (exact) mass is 278 g/mol. The molecule has 3 heteroatoms. The zero-order valence-corrected chi connectivity index (χ0v) is 12.6. The Morgan fingerprint density at radius 1 is 1.10 bits per heavy atom. The molecule has 0 saturated carbocycles. The number of carboxylic acids is 1. The molecule has 1 aromatic rings. The molecule has 0 amide bonds. The lowest BCUT2D eigenvalue weighted by molar-refractivity contribution is -0.150. The molecular weight excluding hydrogens is 252 g/mol. The van der Waals surface area contributed by atoms with Crippen LogP contribution in [-0.4, -0.2) is 16.2 Å². The molecule has 0 fully saturated rings. The summed E-state index contributed by atoms with van der Waals surface area (Å²) in [4.78, 5) is 11.9. The van der Waals surface area contributed by atoms with E-state index in [0.29, 0.717) is 19.3 Å². The van der Waals surface area contributed by atoms with Crippen molar-refractivity contribution in [2.45, 2.75) is 58.8 Å². The van der Waals surface area contributed by atoms with Crippen LogP contribution in [0.1, 0.15) is 57.9 Å². The van der Waals surface area contributed by atoms with Gasteiger partial charge in [-0.25, -0.2) is 0 Å². The third-order valence-electron chi connectivity index (χ3n) is 3.99. The van der Waals surface area contributed by atoms with E-state index in [2.05, 4.69) is 13.8 Å². The maximum Gasteiger partial charge on any atom is 0.309 e. The topological polar surface area (TPSA) is 57.5 Å². The summed E-state index contributed by atoms with van der Waals surface area (Å²) in [7, 11) is 0. The van der Waals surface area contributed by atoms with E-state index in [9.17, 15) is 15.0 Å². The minimum absolute atomic E-state index is 0.200. The molecule has 0 aromatic heterocycles. The smallest absolute Gasteiger partial charge is 0.309 e. The van der Waals surface area contributed by atoms with Gasteiger partial charge in [0.1, 0.15) is 5.75 Å². The number of aliphatic carboxylic acids is 1. The van der Waals surface area contributed by atoms with Gasteiger partial charge in [-0.2, -0.15) is 0 Å². The second kappa shape index (κ2) is 7.93. The number of carbonyl (C=O) groups is 1. The molecule has 2 N–H and O–H groups in total. The maximum atomic E-state index is 11.9. The van der Waals surface area contributed by atoms with Crippen LogP contribution >= 0.6 is 0 Å². The van der Waals surface area contributed by atoms with Crippen LogP contribution in [0.25, 0.3) is 0 Å². The number of phenolic OH excluding ortho intramolecular Hbond substituents is 1. The van der Waals surface area contributed by atoms with Crippen LogP contribution in [0.4, 0.5) is 0 Å². The summed E-state index contributed by atoms with van der Waals surface area (Å²) in [5, 5.41) is 19.7. The third-order valence-corrected chi connectivity index (χ3v) is 3.99. The quantitative estimate of drug-likeness (QED) is 0.704. The van der Waals surface area contributed by atoms with Gasteiger partial charge in [0.2, 0.25) is 0 Å². The molecule has 0 saturated heterocycles. The van der Waals surface area contributed by atoms with Crippen LogP contribution in [0.5, 0.6) is 5.75 Å². The summed E-state index contributed by atoms with van der Waals surface area (Å²) in [6.45, 7) is 4.15. The van der Waals surface area contributed by atoms with Crippen LogP contribution in [0.15, 0.2) is 24.3 Å². The van der Waals surface area contributed by atoms with E-state index >= 15 is 0 Å². The summed E-state index contributed by atoms with van der Waals surface area (Å²) < 4.78 is 0. The van der Waals surface area contributed by atoms with Gasteiger partial charge in [0.25, 0.3) is 0 Å².